The molecule has 2 N–H and O–H groups in total. The second-order valence-corrected chi connectivity index (χ2v) is 8.54. The quantitative estimate of drug-likeness (QED) is 0.642. The molecule has 0 spiro atoms. The molecule has 8 nitrogen and oxygen atoms in total. The number of H-pyrrole nitrogens is 1. The Bertz CT molecular complexity index is 1050. The average Bonchev–Trinajstić information content (AvgIpc) is 3.46. The first-order valence-corrected chi connectivity index (χ1v) is 10.7. The smallest absolute Gasteiger partial charge is 0.268 e. The molecule has 2 aromatic heterocycles. The van der Waals surface area contributed by atoms with E-state index in [1.807, 2.05) is 30.3 Å². The summed E-state index contributed by atoms with van der Waals surface area (Å²) < 4.78 is 37.6. The number of morpholine rings is 1. The van der Waals surface area contributed by atoms with Crippen molar-refractivity contribution < 1.29 is 22.4 Å². The standard InChI is InChI=1S/C20H21N3O5S/c24-20(22-19(18-7-4-10-28-18)15-5-2-1-3-6-15)17-13-16(14-21-17)29(25,26)23-8-11-27-12-9-23/h1-7,10,13-14,19,21H,8-9,11-12H2,(H,22,24). The molecule has 3 aromatic rings. The Hall–Kier alpha value is -2.88. The topological polar surface area (TPSA) is 105 Å². The molecule has 0 saturated carbocycles. The lowest BCUT2D eigenvalue weighted by Crippen LogP contribution is -2.40. The molecule has 1 aliphatic rings. The summed E-state index contributed by atoms with van der Waals surface area (Å²) in [6.07, 6.45) is 2.88. The maximum absolute atomic E-state index is 12.8. The number of carbonyl (C=O) groups is 1. The summed E-state index contributed by atoms with van der Waals surface area (Å²) in [5, 5.41) is 2.90. The predicted octanol–water partition coefficient (Wildman–Crippen LogP) is 2.15. The van der Waals surface area contributed by atoms with Gasteiger partial charge in [0.15, 0.2) is 0 Å². The molecule has 9 heteroatoms. The molecule has 1 fully saturated rings. The number of sulfonamides is 1. The molecule has 152 valence electrons. The van der Waals surface area contributed by atoms with Gasteiger partial charge in [-0.3, -0.25) is 4.79 Å². The third-order valence-corrected chi connectivity index (χ3v) is 6.62. The van der Waals surface area contributed by atoms with Gasteiger partial charge in [0.1, 0.15) is 22.4 Å². The monoisotopic (exact) mass is 415 g/mol. The van der Waals surface area contributed by atoms with E-state index in [2.05, 4.69) is 10.3 Å². The first kappa shape index (κ1) is 19.4. The van der Waals surface area contributed by atoms with E-state index < -0.39 is 22.0 Å². The maximum Gasteiger partial charge on any atom is 0.268 e. The third-order valence-electron chi connectivity index (χ3n) is 4.75. The van der Waals surface area contributed by atoms with Crippen LogP contribution in [0.15, 0.2) is 70.3 Å². The summed E-state index contributed by atoms with van der Waals surface area (Å²) in [5.41, 5.74) is 1.01. The lowest BCUT2D eigenvalue weighted by Gasteiger charge is -2.25. The minimum atomic E-state index is -3.67. The van der Waals surface area contributed by atoms with Crippen molar-refractivity contribution in [2.75, 3.05) is 26.3 Å². The molecule has 4 rings (SSSR count). The number of nitrogens with zero attached hydrogens (tertiary/aromatic N) is 1. The number of rotatable bonds is 6. The van der Waals surface area contributed by atoms with Crippen molar-refractivity contribution in [3.63, 3.8) is 0 Å². The number of carbonyl (C=O) groups excluding carboxylic acids is 1. The molecular weight excluding hydrogens is 394 g/mol. The van der Waals surface area contributed by atoms with Crippen LogP contribution < -0.4 is 5.32 Å². The molecule has 1 unspecified atom stereocenters. The molecule has 0 aliphatic carbocycles. The van der Waals surface area contributed by atoms with Gasteiger partial charge < -0.3 is 19.5 Å². The fourth-order valence-corrected chi connectivity index (χ4v) is 4.62. The molecule has 1 aliphatic heterocycles. The van der Waals surface area contributed by atoms with E-state index in [-0.39, 0.29) is 10.6 Å². The van der Waals surface area contributed by atoms with Crippen LogP contribution in [-0.4, -0.2) is 49.9 Å². The lowest BCUT2D eigenvalue weighted by atomic mass is 10.0. The van der Waals surface area contributed by atoms with Crippen LogP contribution in [0.4, 0.5) is 0 Å². The van der Waals surface area contributed by atoms with Crippen LogP contribution in [0.3, 0.4) is 0 Å². The number of aromatic nitrogens is 1. The summed E-state index contributed by atoms with van der Waals surface area (Å²) in [6, 6.07) is 13.8. The number of aromatic amines is 1. The minimum Gasteiger partial charge on any atom is -0.467 e. The van der Waals surface area contributed by atoms with E-state index in [1.54, 1.807) is 18.4 Å². The van der Waals surface area contributed by atoms with Crippen molar-refractivity contribution >= 4 is 15.9 Å². The van der Waals surface area contributed by atoms with E-state index in [4.69, 9.17) is 9.15 Å². The normalized spacial score (nSPS) is 16.4. The van der Waals surface area contributed by atoms with Crippen LogP contribution in [0.5, 0.6) is 0 Å². The van der Waals surface area contributed by atoms with Gasteiger partial charge in [0, 0.05) is 19.3 Å². The Morgan fingerprint density at radius 2 is 1.86 bits per heavy atom. The van der Waals surface area contributed by atoms with E-state index >= 15 is 0 Å². The Labute approximate surface area is 168 Å². The number of benzene rings is 1. The summed E-state index contributed by atoms with van der Waals surface area (Å²) in [4.78, 5) is 15.7. The number of furan rings is 1. The highest BCUT2D eigenvalue weighted by Crippen LogP contribution is 2.24. The molecule has 1 atom stereocenters. The van der Waals surface area contributed by atoms with Crippen LogP contribution in [0.1, 0.15) is 27.9 Å². The summed E-state index contributed by atoms with van der Waals surface area (Å²) in [7, 11) is -3.67. The molecule has 29 heavy (non-hydrogen) atoms. The fraction of sp³-hybridized carbons (Fsp3) is 0.250. The number of hydrogen-bond donors (Lipinski definition) is 2. The number of hydrogen-bond acceptors (Lipinski definition) is 5. The predicted molar refractivity (Wildman–Crippen MR) is 105 cm³/mol. The van der Waals surface area contributed by atoms with Gasteiger partial charge in [-0.1, -0.05) is 30.3 Å². The van der Waals surface area contributed by atoms with E-state index in [0.717, 1.165) is 5.56 Å². The zero-order valence-corrected chi connectivity index (χ0v) is 16.4. The van der Waals surface area contributed by atoms with Crippen molar-refractivity contribution in [2.45, 2.75) is 10.9 Å². The van der Waals surface area contributed by atoms with Crippen LogP contribution in [0.25, 0.3) is 0 Å². The zero-order valence-electron chi connectivity index (χ0n) is 15.6. The van der Waals surface area contributed by atoms with Gasteiger partial charge in [0.25, 0.3) is 5.91 Å². The Kier molecular flexibility index (Phi) is 5.52. The number of ether oxygens (including phenoxy) is 1. The van der Waals surface area contributed by atoms with E-state index in [9.17, 15) is 13.2 Å². The molecule has 0 bridgehead atoms. The van der Waals surface area contributed by atoms with Crippen LogP contribution in [0, 0.1) is 0 Å². The molecule has 0 radical (unpaired) electrons. The average molecular weight is 415 g/mol. The highest BCUT2D eigenvalue weighted by molar-refractivity contribution is 7.89. The largest absolute Gasteiger partial charge is 0.467 e. The summed E-state index contributed by atoms with van der Waals surface area (Å²) >= 11 is 0. The molecule has 1 saturated heterocycles. The number of amides is 1. The first-order chi connectivity index (χ1) is 14.1. The van der Waals surface area contributed by atoms with E-state index in [0.29, 0.717) is 32.1 Å². The Morgan fingerprint density at radius 3 is 2.55 bits per heavy atom. The highest BCUT2D eigenvalue weighted by Gasteiger charge is 2.28. The third kappa shape index (κ3) is 4.12. The van der Waals surface area contributed by atoms with Crippen LogP contribution in [-0.2, 0) is 14.8 Å². The summed E-state index contributed by atoms with van der Waals surface area (Å²) in [5.74, 6) is 0.149. The lowest BCUT2D eigenvalue weighted by molar-refractivity contribution is 0.0730. The number of nitrogens with one attached hydrogen (secondary N) is 2. The van der Waals surface area contributed by atoms with Gasteiger partial charge in [-0.15, -0.1) is 0 Å². The van der Waals surface area contributed by atoms with Crippen LogP contribution in [0.2, 0.25) is 0 Å². The van der Waals surface area contributed by atoms with Crippen LogP contribution >= 0.6 is 0 Å². The fourth-order valence-electron chi connectivity index (χ4n) is 3.22. The SMILES string of the molecule is O=C(NC(c1ccccc1)c1ccco1)c1cc(S(=O)(=O)N2CCOCC2)c[nH]1. The van der Waals surface area contributed by atoms with Gasteiger partial charge in [0.05, 0.1) is 19.5 Å². The van der Waals surface area contributed by atoms with Gasteiger partial charge in [-0.05, 0) is 23.8 Å². The Balaban J connectivity index is 1.55. The van der Waals surface area contributed by atoms with Gasteiger partial charge in [-0.25, -0.2) is 8.42 Å². The van der Waals surface area contributed by atoms with Crippen molar-refractivity contribution in [3.8, 4) is 0 Å². The van der Waals surface area contributed by atoms with Crippen molar-refractivity contribution in [1.82, 2.24) is 14.6 Å². The molecular formula is C20H21N3O5S. The molecule has 3 heterocycles. The summed E-state index contributed by atoms with van der Waals surface area (Å²) in [6.45, 7) is 1.31. The van der Waals surface area contributed by atoms with Gasteiger partial charge in [0.2, 0.25) is 10.0 Å². The first-order valence-electron chi connectivity index (χ1n) is 9.21. The minimum absolute atomic E-state index is 0.0545. The van der Waals surface area contributed by atoms with Gasteiger partial charge in [-0.2, -0.15) is 4.31 Å². The Morgan fingerprint density at radius 1 is 1.10 bits per heavy atom. The van der Waals surface area contributed by atoms with Gasteiger partial charge >= 0.3 is 0 Å². The van der Waals surface area contributed by atoms with E-state index in [1.165, 1.54) is 16.6 Å². The molecule has 1 amide bonds. The second-order valence-electron chi connectivity index (χ2n) is 6.60. The van der Waals surface area contributed by atoms with Crippen molar-refractivity contribution in [3.05, 3.63) is 78.0 Å². The maximum atomic E-state index is 12.8. The zero-order chi connectivity index (χ0) is 20.3. The second kappa shape index (κ2) is 8.24. The molecule has 1 aromatic carbocycles. The van der Waals surface area contributed by atoms with Crippen molar-refractivity contribution in [2.24, 2.45) is 0 Å². The highest BCUT2D eigenvalue weighted by atomic mass is 32.2. The van der Waals surface area contributed by atoms with Crippen molar-refractivity contribution in [1.29, 1.82) is 0 Å².